The lowest BCUT2D eigenvalue weighted by atomic mass is 10.1. The molecule has 0 saturated heterocycles. The summed E-state index contributed by atoms with van der Waals surface area (Å²) in [6.45, 7) is 1.48. The van der Waals surface area contributed by atoms with Gasteiger partial charge >= 0.3 is 0 Å². The van der Waals surface area contributed by atoms with Crippen LogP contribution in [0.1, 0.15) is 6.92 Å². The van der Waals surface area contributed by atoms with Crippen molar-refractivity contribution < 1.29 is 14.4 Å². The van der Waals surface area contributed by atoms with E-state index in [0.29, 0.717) is 4.91 Å². The highest BCUT2D eigenvalue weighted by atomic mass is 32.2. The second-order valence-corrected chi connectivity index (χ2v) is 3.09. The van der Waals surface area contributed by atoms with Crippen LogP contribution < -0.4 is 5.32 Å². The zero-order chi connectivity index (χ0) is 9.30. The zero-order valence-corrected chi connectivity index (χ0v) is 7.45. The van der Waals surface area contributed by atoms with Gasteiger partial charge < -0.3 is 0 Å². The molecule has 0 radical (unpaired) electrons. The maximum atomic E-state index is 11.0. The largest absolute Gasteiger partial charge is 0.298 e. The number of hydrogen-bond donors (Lipinski definition) is 1. The van der Waals surface area contributed by atoms with Crippen molar-refractivity contribution in [1.82, 2.24) is 5.32 Å². The molecule has 12 heavy (non-hydrogen) atoms. The Hall–Kier alpha value is -1.10. The molecule has 5 heteroatoms. The molecule has 64 valence electrons. The van der Waals surface area contributed by atoms with Gasteiger partial charge in [0.25, 0.3) is 11.8 Å². The van der Waals surface area contributed by atoms with E-state index >= 15 is 0 Å². The van der Waals surface area contributed by atoms with Crippen LogP contribution >= 0.6 is 11.8 Å². The van der Waals surface area contributed by atoms with Gasteiger partial charge in [0, 0.05) is 5.57 Å². The number of Topliss-reactive ketones (excluding diaryl/α,β-unsaturated/α-hetero) is 1. The minimum Gasteiger partial charge on any atom is -0.285 e. The minimum atomic E-state index is -0.838. The topological polar surface area (TPSA) is 63.2 Å². The Morgan fingerprint density at radius 3 is 2.25 bits per heavy atom. The van der Waals surface area contributed by atoms with Crippen molar-refractivity contribution >= 4 is 29.4 Å². The van der Waals surface area contributed by atoms with Crippen LogP contribution in [-0.4, -0.2) is 23.9 Å². The number of carbonyl (C=O) groups excluding carboxylic acids is 3. The molecule has 0 unspecified atom stereocenters. The number of nitrogens with one attached hydrogen (secondary N) is 1. The van der Waals surface area contributed by atoms with Crippen molar-refractivity contribution in [3.63, 3.8) is 0 Å². The number of thioether (sulfide) groups is 1. The third-order valence-corrected chi connectivity index (χ3v) is 2.42. The van der Waals surface area contributed by atoms with E-state index < -0.39 is 17.6 Å². The Labute approximate surface area is 73.4 Å². The summed E-state index contributed by atoms with van der Waals surface area (Å²) >= 11 is 1.16. The first-order valence-electron chi connectivity index (χ1n) is 3.22. The van der Waals surface area contributed by atoms with Crippen molar-refractivity contribution in [2.45, 2.75) is 6.92 Å². The van der Waals surface area contributed by atoms with Crippen LogP contribution in [-0.2, 0) is 14.4 Å². The number of amides is 2. The number of ketones is 1. The first-order valence-corrected chi connectivity index (χ1v) is 4.45. The third kappa shape index (κ3) is 1.27. The molecule has 1 aliphatic heterocycles. The molecule has 0 saturated carbocycles. The van der Waals surface area contributed by atoms with Gasteiger partial charge in [-0.05, 0) is 13.2 Å². The lowest BCUT2D eigenvalue weighted by Crippen LogP contribution is -2.41. The molecule has 0 aliphatic carbocycles. The SMILES string of the molecule is CSC1=C(C)C(=O)C(=O)NC1=O. The van der Waals surface area contributed by atoms with E-state index in [1.165, 1.54) is 6.92 Å². The van der Waals surface area contributed by atoms with E-state index in [0.717, 1.165) is 11.8 Å². The van der Waals surface area contributed by atoms with E-state index in [2.05, 4.69) is 0 Å². The van der Waals surface area contributed by atoms with Gasteiger partial charge in [-0.1, -0.05) is 0 Å². The van der Waals surface area contributed by atoms with Crippen LogP contribution in [0.2, 0.25) is 0 Å². The fraction of sp³-hybridized carbons (Fsp3) is 0.286. The molecule has 0 fully saturated rings. The molecular weight excluding hydrogens is 178 g/mol. The summed E-state index contributed by atoms with van der Waals surface area (Å²) < 4.78 is 0. The fourth-order valence-corrected chi connectivity index (χ4v) is 1.54. The summed E-state index contributed by atoms with van der Waals surface area (Å²) in [5, 5.41) is 1.95. The molecule has 1 rings (SSSR count). The average molecular weight is 185 g/mol. The van der Waals surface area contributed by atoms with E-state index in [1.807, 2.05) is 5.32 Å². The van der Waals surface area contributed by atoms with Crippen LogP contribution in [0.5, 0.6) is 0 Å². The van der Waals surface area contributed by atoms with Crippen molar-refractivity contribution in [2.24, 2.45) is 0 Å². The molecule has 1 aliphatic rings. The molecule has 0 aromatic carbocycles. The number of imide groups is 1. The van der Waals surface area contributed by atoms with Crippen molar-refractivity contribution in [3.8, 4) is 0 Å². The Bertz CT molecular complexity index is 306. The second kappa shape index (κ2) is 3.10. The molecule has 1 heterocycles. The Morgan fingerprint density at radius 1 is 1.17 bits per heavy atom. The number of carbonyl (C=O) groups is 3. The highest BCUT2D eigenvalue weighted by Gasteiger charge is 2.29. The standard InChI is InChI=1S/C7H7NO3S/c1-3-4(9)6(10)8-7(11)5(3)12-2/h1-2H3,(H,8,10,11). The van der Waals surface area contributed by atoms with Crippen LogP contribution in [0.3, 0.4) is 0 Å². The summed E-state index contributed by atoms with van der Waals surface area (Å²) in [5.41, 5.74) is 0.233. The lowest BCUT2D eigenvalue weighted by molar-refractivity contribution is -0.139. The summed E-state index contributed by atoms with van der Waals surface area (Å²) in [7, 11) is 0. The monoisotopic (exact) mass is 185 g/mol. The smallest absolute Gasteiger partial charge is 0.285 e. The molecule has 4 nitrogen and oxygen atoms in total. The van der Waals surface area contributed by atoms with Crippen molar-refractivity contribution in [3.05, 3.63) is 10.5 Å². The van der Waals surface area contributed by atoms with E-state index in [9.17, 15) is 14.4 Å². The Kier molecular flexibility index (Phi) is 2.32. The van der Waals surface area contributed by atoms with Crippen molar-refractivity contribution in [2.75, 3.05) is 6.26 Å². The van der Waals surface area contributed by atoms with Gasteiger partial charge in [-0.15, -0.1) is 11.8 Å². The number of hydrogen-bond acceptors (Lipinski definition) is 4. The Morgan fingerprint density at radius 2 is 1.75 bits per heavy atom. The Balaban J connectivity index is 3.17. The normalized spacial score (nSPS) is 18.3. The molecule has 2 amide bonds. The summed E-state index contributed by atoms with van der Waals surface area (Å²) in [6.07, 6.45) is 1.68. The van der Waals surface area contributed by atoms with Crippen LogP contribution in [0.4, 0.5) is 0 Å². The van der Waals surface area contributed by atoms with E-state index in [4.69, 9.17) is 0 Å². The minimum absolute atomic E-state index is 0.233. The average Bonchev–Trinajstić information content (AvgIpc) is 2.01. The predicted octanol–water partition coefficient (Wildman–Crippen LogP) is -0.151. The second-order valence-electron chi connectivity index (χ2n) is 2.27. The first kappa shape index (κ1) is 8.99. The summed E-state index contributed by atoms with van der Waals surface area (Å²) in [4.78, 5) is 33.1. The van der Waals surface area contributed by atoms with Gasteiger partial charge in [0.1, 0.15) is 0 Å². The maximum Gasteiger partial charge on any atom is 0.298 e. The molecule has 0 spiro atoms. The van der Waals surface area contributed by atoms with Crippen LogP contribution in [0, 0.1) is 0 Å². The molecule has 0 bridgehead atoms. The van der Waals surface area contributed by atoms with Gasteiger partial charge in [-0.3, -0.25) is 19.7 Å². The van der Waals surface area contributed by atoms with E-state index in [1.54, 1.807) is 6.26 Å². The van der Waals surface area contributed by atoms with Gasteiger partial charge in [0.05, 0.1) is 4.91 Å². The molecule has 1 N–H and O–H groups in total. The summed E-state index contributed by atoms with van der Waals surface area (Å²) in [5.74, 6) is -1.95. The highest BCUT2D eigenvalue weighted by molar-refractivity contribution is 8.03. The number of rotatable bonds is 1. The quantitative estimate of drug-likeness (QED) is 0.456. The summed E-state index contributed by atoms with van der Waals surface area (Å²) in [6, 6.07) is 0. The first-order chi connectivity index (χ1) is 5.57. The zero-order valence-electron chi connectivity index (χ0n) is 6.63. The van der Waals surface area contributed by atoms with Gasteiger partial charge in [0.2, 0.25) is 5.78 Å². The van der Waals surface area contributed by atoms with E-state index in [-0.39, 0.29) is 5.57 Å². The third-order valence-electron chi connectivity index (χ3n) is 1.52. The van der Waals surface area contributed by atoms with Gasteiger partial charge in [0.15, 0.2) is 0 Å². The molecule has 0 aromatic rings. The van der Waals surface area contributed by atoms with Gasteiger partial charge in [-0.2, -0.15) is 0 Å². The van der Waals surface area contributed by atoms with Crippen LogP contribution in [0.15, 0.2) is 10.5 Å². The van der Waals surface area contributed by atoms with Crippen molar-refractivity contribution in [1.29, 1.82) is 0 Å². The predicted molar refractivity (Wildman–Crippen MR) is 44.4 cm³/mol. The van der Waals surface area contributed by atoms with Crippen LogP contribution in [0.25, 0.3) is 0 Å². The molecule has 0 atom stereocenters. The van der Waals surface area contributed by atoms with Gasteiger partial charge in [-0.25, -0.2) is 0 Å². The highest BCUT2D eigenvalue weighted by Crippen LogP contribution is 2.20. The fourth-order valence-electron chi connectivity index (χ4n) is 0.906. The maximum absolute atomic E-state index is 11.0. The molecular formula is C7H7NO3S. The lowest BCUT2D eigenvalue weighted by Gasteiger charge is -2.13. The molecule has 0 aromatic heterocycles.